The summed E-state index contributed by atoms with van der Waals surface area (Å²) in [6.45, 7) is 4.06. The van der Waals surface area contributed by atoms with Crippen molar-refractivity contribution < 1.29 is 8.42 Å². The maximum absolute atomic E-state index is 12.8. The smallest absolute Gasteiger partial charge is 0.241 e. The summed E-state index contributed by atoms with van der Waals surface area (Å²) in [7, 11) is -3.71. The van der Waals surface area contributed by atoms with Crippen LogP contribution in [0.1, 0.15) is 43.7 Å². The Morgan fingerprint density at radius 1 is 1.45 bits per heavy atom. The van der Waals surface area contributed by atoms with Crippen molar-refractivity contribution in [1.82, 2.24) is 4.72 Å². The van der Waals surface area contributed by atoms with Crippen LogP contribution in [0.5, 0.6) is 0 Å². The van der Waals surface area contributed by atoms with E-state index in [1.165, 1.54) is 6.07 Å². The molecule has 5 nitrogen and oxygen atoms in total. The van der Waals surface area contributed by atoms with Crippen molar-refractivity contribution in [2.45, 2.75) is 50.0 Å². The average molecular weight is 321 g/mol. The molecule has 1 aromatic carbocycles. The standard InChI is InChI=1S/C16H23N3O2S/c1-12-6-7-14(10-17)9-15(12)22(20,21)19-16(11-18)8-4-3-5-13(16)2/h6-7,9,13,19H,3-5,8,11,18H2,1-2H3. The molecule has 3 N–H and O–H groups in total. The molecule has 1 fully saturated rings. The van der Waals surface area contributed by atoms with Gasteiger partial charge in [-0.1, -0.05) is 25.8 Å². The molecule has 0 aliphatic heterocycles. The molecule has 0 heterocycles. The van der Waals surface area contributed by atoms with Crippen LogP contribution in [0.3, 0.4) is 0 Å². The predicted molar refractivity (Wildman–Crippen MR) is 85.6 cm³/mol. The fourth-order valence-electron chi connectivity index (χ4n) is 3.19. The molecule has 1 aliphatic rings. The molecule has 1 saturated carbocycles. The first-order valence-electron chi connectivity index (χ1n) is 7.59. The highest BCUT2D eigenvalue weighted by Gasteiger charge is 2.40. The molecule has 2 rings (SSSR count). The van der Waals surface area contributed by atoms with Crippen molar-refractivity contribution in [2.24, 2.45) is 11.7 Å². The van der Waals surface area contributed by atoms with Gasteiger partial charge in [0.25, 0.3) is 0 Å². The van der Waals surface area contributed by atoms with E-state index in [1.807, 2.05) is 13.0 Å². The predicted octanol–water partition coefficient (Wildman–Crippen LogP) is 2.05. The number of aryl methyl sites for hydroxylation is 1. The third-order valence-electron chi connectivity index (χ3n) is 4.76. The zero-order chi connectivity index (χ0) is 16.4. The van der Waals surface area contributed by atoms with Crippen LogP contribution >= 0.6 is 0 Å². The van der Waals surface area contributed by atoms with Crippen molar-refractivity contribution in [3.05, 3.63) is 29.3 Å². The van der Waals surface area contributed by atoms with E-state index in [-0.39, 0.29) is 17.4 Å². The Hall–Kier alpha value is -1.42. The Morgan fingerprint density at radius 2 is 2.18 bits per heavy atom. The largest absolute Gasteiger partial charge is 0.329 e. The van der Waals surface area contributed by atoms with E-state index in [0.29, 0.717) is 11.1 Å². The molecule has 1 aromatic rings. The molecule has 0 aromatic heterocycles. The van der Waals surface area contributed by atoms with Gasteiger partial charge in [-0.25, -0.2) is 13.1 Å². The first kappa shape index (κ1) is 16.9. The van der Waals surface area contributed by atoms with Gasteiger partial charge in [-0.2, -0.15) is 5.26 Å². The van der Waals surface area contributed by atoms with Crippen LogP contribution in [-0.4, -0.2) is 20.5 Å². The van der Waals surface area contributed by atoms with E-state index in [2.05, 4.69) is 4.72 Å². The van der Waals surface area contributed by atoms with E-state index in [1.54, 1.807) is 19.1 Å². The molecule has 0 saturated heterocycles. The second-order valence-electron chi connectivity index (χ2n) is 6.20. The summed E-state index contributed by atoms with van der Waals surface area (Å²) in [5.74, 6) is 0.195. The molecule has 0 radical (unpaired) electrons. The topological polar surface area (TPSA) is 96.0 Å². The molecule has 1 aliphatic carbocycles. The van der Waals surface area contributed by atoms with Crippen molar-refractivity contribution in [2.75, 3.05) is 6.54 Å². The molecule has 0 spiro atoms. The Morgan fingerprint density at radius 3 is 2.77 bits per heavy atom. The van der Waals surface area contributed by atoms with Crippen LogP contribution < -0.4 is 10.5 Å². The van der Waals surface area contributed by atoms with Crippen LogP contribution in [0.4, 0.5) is 0 Å². The Labute approximate surface area is 132 Å². The fourth-order valence-corrected chi connectivity index (χ4v) is 5.00. The summed E-state index contributed by atoms with van der Waals surface area (Å²) in [6.07, 6.45) is 3.80. The number of nitrogens with zero attached hydrogens (tertiary/aromatic N) is 1. The SMILES string of the molecule is Cc1ccc(C#N)cc1S(=O)(=O)NC1(CN)CCCCC1C. The van der Waals surface area contributed by atoms with Gasteiger partial charge in [0.15, 0.2) is 0 Å². The first-order valence-corrected chi connectivity index (χ1v) is 9.08. The first-order chi connectivity index (χ1) is 10.3. The minimum atomic E-state index is -3.71. The molecule has 6 heteroatoms. The lowest BCUT2D eigenvalue weighted by molar-refractivity contribution is 0.191. The van der Waals surface area contributed by atoms with Crippen LogP contribution in [0.2, 0.25) is 0 Å². The van der Waals surface area contributed by atoms with Crippen molar-refractivity contribution >= 4 is 10.0 Å². The number of rotatable bonds is 4. The molecule has 2 atom stereocenters. The van der Waals surface area contributed by atoms with Gasteiger partial charge in [0.2, 0.25) is 10.0 Å². The summed E-state index contributed by atoms with van der Waals surface area (Å²) in [5, 5.41) is 8.99. The highest BCUT2D eigenvalue weighted by Crippen LogP contribution is 2.34. The van der Waals surface area contributed by atoms with Gasteiger partial charge in [0.05, 0.1) is 16.5 Å². The summed E-state index contributed by atoms with van der Waals surface area (Å²) >= 11 is 0. The number of hydrogen-bond acceptors (Lipinski definition) is 4. The second-order valence-corrected chi connectivity index (χ2v) is 7.86. The Balaban J connectivity index is 2.41. The number of nitrogens with two attached hydrogens (primary N) is 1. The van der Waals surface area contributed by atoms with E-state index >= 15 is 0 Å². The van der Waals surface area contributed by atoms with E-state index in [9.17, 15) is 8.42 Å². The number of sulfonamides is 1. The maximum atomic E-state index is 12.8. The van der Waals surface area contributed by atoms with E-state index in [0.717, 1.165) is 25.7 Å². The zero-order valence-electron chi connectivity index (χ0n) is 13.1. The lowest BCUT2D eigenvalue weighted by atomic mass is 9.74. The Kier molecular flexibility index (Phi) is 4.90. The van der Waals surface area contributed by atoms with Crippen LogP contribution in [0.25, 0.3) is 0 Å². The van der Waals surface area contributed by atoms with Crippen molar-refractivity contribution in [1.29, 1.82) is 5.26 Å². The highest BCUT2D eigenvalue weighted by atomic mass is 32.2. The lowest BCUT2D eigenvalue weighted by Gasteiger charge is -2.42. The zero-order valence-corrected chi connectivity index (χ0v) is 13.9. The van der Waals surface area contributed by atoms with Crippen LogP contribution in [0, 0.1) is 24.2 Å². The van der Waals surface area contributed by atoms with Gasteiger partial charge >= 0.3 is 0 Å². The molecule has 0 amide bonds. The van der Waals surface area contributed by atoms with Gasteiger partial charge in [0, 0.05) is 12.1 Å². The van der Waals surface area contributed by atoms with E-state index < -0.39 is 15.6 Å². The van der Waals surface area contributed by atoms with Crippen LogP contribution in [0.15, 0.2) is 23.1 Å². The minimum absolute atomic E-state index is 0.164. The van der Waals surface area contributed by atoms with Gasteiger partial charge in [-0.15, -0.1) is 0 Å². The number of hydrogen-bond donors (Lipinski definition) is 2. The van der Waals surface area contributed by atoms with Crippen LogP contribution in [-0.2, 0) is 10.0 Å². The summed E-state index contributed by atoms with van der Waals surface area (Å²) in [5.41, 5.74) is 6.30. The minimum Gasteiger partial charge on any atom is -0.329 e. The lowest BCUT2D eigenvalue weighted by Crippen LogP contribution is -2.59. The maximum Gasteiger partial charge on any atom is 0.241 e. The van der Waals surface area contributed by atoms with Crippen molar-refractivity contribution in [3.63, 3.8) is 0 Å². The quantitative estimate of drug-likeness (QED) is 0.887. The molecule has 2 unspecified atom stereocenters. The molecule has 0 bridgehead atoms. The monoisotopic (exact) mass is 321 g/mol. The molecular weight excluding hydrogens is 298 g/mol. The number of nitriles is 1. The van der Waals surface area contributed by atoms with Crippen molar-refractivity contribution in [3.8, 4) is 6.07 Å². The van der Waals surface area contributed by atoms with Gasteiger partial charge in [0.1, 0.15) is 0 Å². The molecule has 120 valence electrons. The third kappa shape index (κ3) is 3.17. The van der Waals surface area contributed by atoms with E-state index in [4.69, 9.17) is 11.0 Å². The fraction of sp³-hybridized carbons (Fsp3) is 0.562. The summed E-state index contributed by atoms with van der Waals surface area (Å²) < 4.78 is 28.5. The summed E-state index contributed by atoms with van der Waals surface area (Å²) in [4.78, 5) is 0.164. The average Bonchev–Trinajstić information content (AvgIpc) is 2.50. The van der Waals surface area contributed by atoms with Gasteiger partial charge in [-0.05, 0) is 43.4 Å². The number of benzene rings is 1. The van der Waals surface area contributed by atoms with Gasteiger partial charge < -0.3 is 5.73 Å². The Bertz CT molecular complexity index is 694. The summed E-state index contributed by atoms with van der Waals surface area (Å²) in [6, 6.07) is 6.69. The second kappa shape index (κ2) is 6.37. The highest BCUT2D eigenvalue weighted by molar-refractivity contribution is 7.89. The molecule has 22 heavy (non-hydrogen) atoms. The number of nitrogens with one attached hydrogen (secondary N) is 1. The third-order valence-corrected chi connectivity index (χ3v) is 6.46. The molecular formula is C16H23N3O2S. The van der Waals surface area contributed by atoms with Gasteiger partial charge in [-0.3, -0.25) is 0 Å². The normalized spacial score (nSPS) is 25.6.